The van der Waals surface area contributed by atoms with Crippen molar-refractivity contribution in [3.8, 4) is 0 Å². The van der Waals surface area contributed by atoms with Crippen molar-refractivity contribution >= 4 is 27.5 Å². The molecule has 0 bridgehead atoms. The molecule has 3 rings (SSSR count). The zero-order chi connectivity index (χ0) is 14.2. The van der Waals surface area contributed by atoms with Crippen molar-refractivity contribution in [3.05, 3.63) is 18.1 Å². The first-order chi connectivity index (χ1) is 9.83. The van der Waals surface area contributed by atoms with Gasteiger partial charge in [0.1, 0.15) is 11.6 Å². The van der Waals surface area contributed by atoms with Crippen LogP contribution in [-0.4, -0.2) is 39.8 Å². The van der Waals surface area contributed by atoms with Crippen molar-refractivity contribution in [3.63, 3.8) is 0 Å². The molecule has 1 N–H and O–H groups in total. The minimum Gasteiger partial charge on any atom is -0.352 e. The monoisotopic (exact) mass is 315 g/mol. The van der Waals surface area contributed by atoms with Gasteiger partial charge in [-0.25, -0.2) is 9.97 Å². The predicted octanol–water partition coefficient (Wildman–Crippen LogP) is 2.22. The van der Waals surface area contributed by atoms with Crippen molar-refractivity contribution in [1.82, 2.24) is 9.97 Å². The summed E-state index contributed by atoms with van der Waals surface area (Å²) < 4.78 is 5.09. The number of hydrogen-bond donors (Lipinski definition) is 2. The van der Waals surface area contributed by atoms with E-state index in [0.717, 1.165) is 36.9 Å². The van der Waals surface area contributed by atoms with Crippen LogP contribution in [0, 0.1) is 0 Å². The molecule has 0 amide bonds. The number of nitrogens with zero attached hydrogens (tertiary/aromatic N) is 3. The first-order valence-electron chi connectivity index (χ1n) is 7.06. The van der Waals surface area contributed by atoms with Crippen LogP contribution in [0.3, 0.4) is 0 Å². The van der Waals surface area contributed by atoms with Gasteiger partial charge in [0.2, 0.25) is 0 Å². The van der Waals surface area contributed by atoms with Crippen molar-refractivity contribution in [2.24, 2.45) is 0 Å². The molecular weight excluding hydrogens is 293 g/mol. The molecule has 112 valence electrons. The molecule has 0 aromatic carbocycles. The van der Waals surface area contributed by atoms with Gasteiger partial charge in [-0.3, -0.25) is 0 Å². The Labute approximate surface area is 127 Å². The van der Waals surface area contributed by atoms with E-state index in [1.807, 2.05) is 6.07 Å². The molecule has 1 aromatic heterocycles. The third kappa shape index (κ3) is 4.85. The smallest absolute Gasteiger partial charge is 0.152 e. The van der Waals surface area contributed by atoms with E-state index < -0.39 is 9.03 Å². The van der Waals surface area contributed by atoms with E-state index in [4.69, 9.17) is 9.42 Å². The summed E-state index contributed by atoms with van der Waals surface area (Å²) in [5.41, 5.74) is 0. The molecule has 1 unspecified atom stereocenters. The second-order valence-corrected chi connectivity index (χ2v) is 5.82. The average Bonchev–Trinajstić information content (AvgIpc) is 2.32. The highest BCUT2D eigenvalue weighted by atomic mass is 32.1. The molecule has 1 aliphatic heterocycles. The highest BCUT2D eigenvalue weighted by Gasteiger charge is 2.28. The Hall–Kier alpha value is -0.420. The SMILES string of the molecule is C1CCC1.OPOC1CN(c2ccnc(CCS)n2)C1. The molecule has 2 heterocycles. The van der Waals surface area contributed by atoms with Crippen molar-refractivity contribution in [1.29, 1.82) is 0 Å². The van der Waals surface area contributed by atoms with E-state index in [1.54, 1.807) is 6.20 Å². The standard InChI is InChI=1S/C9H14N3O2PS.C4H8/c13-15-14-7-5-12(6-7)9-1-3-10-8(11-9)2-4-16;1-2-4-3-1/h1,3,7,13,15-16H,2,4-6H2;1-4H2. The molecule has 1 aliphatic carbocycles. The van der Waals surface area contributed by atoms with Gasteiger partial charge in [0.25, 0.3) is 0 Å². The fourth-order valence-electron chi connectivity index (χ4n) is 1.81. The van der Waals surface area contributed by atoms with Crippen LogP contribution in [-0.2, 0) is 10.9 Å². The number of hydrogen-bond acceptors (Lipinski definition) is 6. The lowest BCUT2D eigenvalue weighted by atomic mass is 10.0. The molecule has 2 fully saturated rings. The molecule has 1 saturated carbocycles. The Kier molecular flexibility index (Phi) is 7.00. The summed E-state index contributed by atoms with van der Waals surface area (Å²) in [6.45, 7) is 1.57. The molecule has 0 spiro atoms. The minimum absolute atomic E-state index is 0.131. The van der Waals surface area contributed by atoms with Crippen LogP contribution in [0.1, 0.15) is 31.5 Å². The number of thiol groups is 1. The van der Waals surface area contributed by atoms with Gasteiger partial charge in [-0.15, -0.1) is 0 Å². The Morgan fingerprint density at radius 1 is 1.35 bits per heavy atom. The number of anilines is 1. The predicted molar refractivity (Wildman–Crippen MR) is 85.7 cm³/mol. The van der Waals surface area contributed by atoms with Crippen LogP contribution in [0.4, 0.5) is 5.82 Å². The molecule has 1 atom stereocenters. The van der Waals surface area contributed by atoms with E-state index in [2.05, 4.69) is 27.5 Å². The van der Waals surface area contributed by atoms with Crippen molar-refractivity contribution < 1.29 is 9.42 Å². The maximum atomic E-state index is 8.63. The lowest BCUT2D eigenvalue weighted by Gasteiger charge is -2.39. The van der Waals surface area contributed by atoms with Crippen LogP contribution < -0.4 is 4.90 Å². The molecule has 7 heteroatoms. The van der Waals surface area contributed by atoms with Crippen molar-refractivity contribution in [2.75, 3.05) is 23.7 Å². The summed E-state index contributed by atoms with van der Waals surface area (Å²) in [5, 5.41) is 0. The minimum atomic E-state index is -0.428. The van der Waals surface area contributed by atoms with Gasteiger partial charge in [-0.1, -0.05) is 25.7 Å². The normalized spacial score (nSPS) is 18.4. The maximum absolute atomic E-state index is 8.63. The van der Waals surface area contributed by atoms with Crippen LogP contribution >= 0.6 is 21.7 Å². The van der Waals surface area contributed by atoms with E-state index in [-0.39, 0.29) is 6.10 Å². The second-order valence-electron chi connectivity index (χ2n) is 4.96. The van der Waals surface area contributed by atoms with Gasteiger partial charge in [-0.2, -0.15) is 12.6 Å². The van der Waals surface area contributed by atoms with Gasteiger partial charge in [-0.05, 0) is 11.8 Å². The van der Waals surface area contributed by atoms with E-state index >= 15 is 0 Å². The zero-order valence-corrected chi connectivity index (χ0v) is 13.4. The van der Waals surface area contributed by atoms with Gasteiger partial charge in [0.05, 0.1) is 6.10 Å². The lowest BCUT2D eigenvalue weighted by Crippen LogP contribution is -2.51. The first kappa shape index (κ1) is 16.0. The summed E-state index contributed by atoms with van der Waals surface area (Å²) in [6.07, 6.45) is 8.68. The topological polar surface area (TPSA) is 58.5 Å². The zero-order valence-electron chi connectivity index (χ0n) is 11.5. The van der Waals surface area contributed by atoms with Crippen LogP contribution in [0.15, 0.2) is 12.3 Å². The number of aromatic nitrogens is 2. The van der Waals surface area contributed by atoms with Crippen LogP contribution in [0.5, 0.6) is 0 Å². The Balaban J connectivity index is 0.000000315. The van der Waals surface area contributed by atoms with Gasteiger partial charge >= 0.3 is 0 Å². The van der Waals surface area contributed by atoms with Gasteiger partial charge in [0, 0.05) is 25.7 Å². The highest BCUT2D eigenvalue weighted by Crippen LogP contribution is 2.23. The molecular formula is C13H22N3O2PS. The second kappa shape index (κ2) is 8.78. The van der Waals surface area contributed by atoms with E-state index in [1.165, 1.54) is 25.7 Å². The Bertz CT molecular complexity index is 397. The molecule has 0 radical (unpaired) electrons. The molecule has 1 aromatic rings. The van der Waals surface area contributed by atoms with Gasteiger partial charge < -0.3 is 14.3 Å². The summed E-state index contributed by atoms with van der Waals surface area (Å²) in [7, 11) is -0.428. The Morgan fingerprint density at radius 2 is 2.05 bits per heavy atom. The average molecular weight is 315 g/mol. The van der Waals surface area contributed by atoms with Crippen LogP contribution in [0.25, 0.3) is 0 Å². The highest BCUT2D eigenvalue weighted by molar-refractivity contribution is 7.80. The summed E-state index contributed by atoms with van der Waals surface area (Å²) >= 11 is 4.16. The summed E-state index contributed by atoms with van der Waals surface area (Å²) in [5.74, 6) is 2.50. The Morgan fingerprint density at radius 3 is 2.60 bits per heavy atom. The maximum Gasteiger partial charge on any atom is 0.152 e. The van der Waals surface area contributed by atoms with Gasteiger partial charge in [0.15, 0.2) is 9.03 Å². The fraction of sp³-hybridized carbons (Fsp3) is 0.692. The van der Waals surface area contributed by atoms with E-state index in [9.17, 15) is 0 Å². The molecule has 2 aliphatic rings. The largest absolute Gasteiger partial charge is 0.352 e. The lowest BCUT2D eigenvalue weighted by molar-refractivity contribution is 0.177. The summed E-state index contributed by atoms with van der Waals surface area (Å²) in [6, 6.07) is 1.89. The van der Waals surface area contributed by atoms with E-state index in [0.29, 0.717) is 0 Å². The molecule has 5 nitrogen and oxygen atoms in total. The number of aryl methyl sites for hydroxylation is 1. The quantitative estimate of drug-likeness (QED) is 0.644. The fourth-order valence-corrected chi connectivity index (χ4v) is 2.31. The third-order valence-electron chi connectivity index (χ3n) is 3.42. The van der Waals surface area contributed by atoms with Crippen LogP contribution in [0.2, 0.25) is 0 Å². The molecule has 1 saturated heterocycles. The summed E-state index contributed by atoms with van der Waals surface area (Å²) in [4.78, 5) is 19.3. The number of rotatable bonds is 5. The third-order valence-corrected chi connectivity index (χ3v) is 4.08. The molecule has 20 heavy (non-hydrogen) atoms. The first-order valence-corrected chi connectivity index (χ1v) is 8.54. The van der Waals surface area contributed by atoms with Crippen molar-refractivity contribution in [2.45, 2.75) is 38.2 Å².